The van der Waals surface area contributed by atoms with Gasteiger partial charge in [0.25, 0.3) is 0 Å². The van der Waals surface area contributed by atoms with Crippen LogP contribution in [0.15, 0.2) is 30.5 Å². The van der Waals surface area contributed by atoms with Gasteiger partial charge in [0.2, 0.25) is 5.95 Å². The van der Waals surface area contributed by atoms with Gasteiger partial charge in [-0.05, 0) is 74.2 Å². The lowest BCUT2D eigenvalue weighted by Crippen LogP contribution is -2.61. The zero-order chi connectivity index (χ0) is 25.4. The number of phenols is 1. The Morgan fingerprint density at radius 3 is 2.57 bits per heavy atom. The summed E-state index contributed by atoms with van der Waals surface area (Å²) >= 11 is 0. The highest BCUT2D eigenvalue weighted by Gasteiger charge is 2.55. The summed E-state index contributed by atoms with van der Waals surface area (Å²) in [5.74, 6) is 3.85. The van der Waals surface area contributed by atoms with E-state index in [0.717, 1.165) is 43.7 Å². The molecule has 37 heavy (non-hydrogen) atoms. The lowest BCUT2D eigenvalue weighted by molar-refractivity contribution is -0.121. The average Bonchev–Trinajstić information content (AvgIpc) is 2.90. The van der Waals surface area contributed by atoms with E-state index in [0.29, 0.717) is 53.6 Å². The molecule has 5 aliphatic carbocycles. The van der Waals surface area contributed by atoms with Crippen molar-refractivity contribution in [2.75, 3.05) is 17.2 Å². The molecule has 5 atom stereocenters. The van der Waals surface area contributed by atoms with Crippen molar-refractivity contribution in [1.82, 2.24) is 15.3 Å². The van der Waals surface area contributed by atoms with Gasteiger partial charge in [-0.15, -0.1) is 0 Å². The van der Waals surface area contributed by atoms with Crippen LogP contribution in [0, 0.1) is 34.5 Å². The summed E-state index contributed by atoms with van der Waals surface area (Å²) in [6.07, 6.45) is 11.3. The van der Waals surface area contributed by atoms with Crippen molar-refractivity contribution in [1.29, 1.82) is 5.26 Å². The van der Waals surface area contributed by atoms with Crippen LogP contribution in [-0.4, -0.2) is 39.5 Å². The molecule has 5 fully saturated rings. The lowest BCUT2D eigenvalue weighted by atomic mass is 9.47. The highest BCUT2D eigenvalue weighted by atomic mass is 16.3. The summed E-state index contributed by atoms with van der Waals surface area (Å²) in [6.45, 7) is 1.22. The highest BCUT2D eigenvalue weighted by molar-refractivity contribution is 5.79. The maximum Gasteiger partial charge on any atom is 0.224 e. The van der Waals surface area contributed by atoms with Gasteiger partial charge >= 0.3 is 0 Å². The normalized spacial score (nSPS) is 30.7. The molecule has 1 aromatic carbocycles. The lowest BCUT2D eigenvalue weighted by Gasteiger charge is -2.61. The predicted molar refractivity (Wildman–Crippen MR) is 141 cm³/mol. The van der Waals surface area contributed by atoms with E-state index < -0.39 is 0 Å². The van der Waals surface area contributed by atoms with Crippen LogP contribution in [-0.2, 0) is 11.3 Å². The molecule has 4 N–H and O–H groups in total. The molecule has 1 heterocycles. The van der Waals surface area contributed by atoms with Crippen molar-refractivity contribution >= 4 is 17.5 Å². The number of hydrogen-bond acceptors (Lipinski definition) is 8. The van der Waals surface area contributed by atoms with E-state index in [1.165, 1.54) is 32.1 Å². The SMILES string of the molecule is N#Cc1cnc(NCc2ccccc2O)nc1NC[C@@]12CC3C[C@H](C1)[C@@H](NC1CCC(=O)CC1)[C@@H](C3)C2. The van der Waals surface area contributed by atoms with Gasteiger partial charge < -0.3 is 21.1 Å². The molecule has 8 nitrogen and oxygen atoms in total. The maximum atomic E-state index is 11.7. The third-order valence-corrected chi connectivity index (χ3v) is 9.34. The van der Waals surface area contributed by atoms with Crippen LogP contribution in [0.25, 0.3) is 0 Å². The quantitative estimate of drug-likeness (QED) is 0.421. The largest absolute Gasteiger partial charge is 0.508 e. The molecule has 4 bridgehead atoms. The van der Waals surface area contributed by atoms with E-state index >= 15 is 0 Å². The molecule has 1 aromatic heterocycles. The number of hydrogen-bond donors (Lipinski definition) is 4. The number of aromatic nitrogens is 2. The fraction of sp³-hybridized carbons (Fsp3) is 0.586. The third kappa shape index (κ3) is 5.02. The summed E-state index contributed by atoms with van der Waals surface area (Å²) < 4.78 is 0. The Balaban J connectivity index is 1.11. The van der Waals surface area contributed by atoms with Crippen molar-refractivity contribution in [3.8, 4) is 11.8 Å². The number of aromatic hydroxyl groups is 1. The Bertz CT molecular complexity index is 1180. The van der Waals surface area contributed by atoms with Gasteiger partial charge in [-0.2, -0.15) is 10.2 Å². The summed E-state index contributed by atoms with van der Waals surface area (Å²) in [7, 11) is 0. The van der Waals surface area contributed by atoms with Gasteiger partial charge in [0.15, 0.2) is 0 Å². The Labute approximate surface area is 218 Å². The molecule has 0 saturated heterocycles. The minimum absolute atomic E-state index is 0.230. The molecule has 0 spiro atoms. The number of benzene rings is 1. The second kappa shape index (κ2) is 9.94. The fourth-order valence-corrected chi connectivity index (χ4v) is 7.85. The molecular formula is C29H36N6O2. The number of carbonyl (C=O) groups excluding carboxylic acids is 1. The number of carbonyl (C=O) groups is 1. The first-order valence-electron chi connectivity index (χ1n) is 13.8. The van der Waals surface area contributed by atoms with Crippen molar-refractivity contribution < 1.29 is 9.90 Å². The van der Waals surface area contributed by atoms with Crippen LogP contribution < -0.4 is 16.0 Å². The molecule has 0 radical (unpaired) electrons. The molecule has 0 amide bonds. The van der Waals surface area contributed by atoms with Crippen molar-refractivity contribution in [2.24, 2.45) is 23.2 Å². The van der Waals surface area contributed by atoms with Crippen LogP contribution in [0.3, 0.4) is 0 Å². The van der Waals surface area contributed by atoms with Crippen molar-refractivity contribution in [3.05, 3.63) is 41.6 Å². The second-order valence-electron chi connectivity index (χ2n) is 11.9. The molecule has 5 aliphatic rings. The topological polar surface area (TPSA) is 123 Å². The summed E-state index contributed by atoms with van der Waals surface area (Å²) in [6, 6.07) is 10.5. The number of rotatable bonds is 8. The zero-order valence-corrected chi connectivity index (χ0v) is 21.2. The van der Waals surface area contributed by atoms with E-state index in [9.17, 15) is 15.2 Å². The molecule has 2 aromatic rings. The van der Waals surface area contributed by atoms with E-state index in [4.69, 9.17) is 0 Å². The number of phenolic OH excluding ortho intramolecular Hbond substituents is 1. The Morgan fingerprint density at radius 2 is 1.84 bits per heavy atom. The van der Waals surface area contributed by atoms with Crippen LogP contribution in [0.5, 0.6) is 5.75 Å². The van der Waals surface area contributed by atoms with Crippen LogP contribution in [0.1, 0.15) is 68.9 Å². The number of para-hydroxylation sites is 1. The Morgan fingerprint density at radius 1 is 1.08 bits per heavy atom. The van der Waals surface area contributed by atoms with Gasteiger partial charge in [0.05, 0.1) is 6.20 Å². The molecule has 8 heteroatoms. The second-order valence-corrected chi connectivity index (χ2v) is 11.9. The molecule has 5 saturated carbocycles. The number of anilines is 2. The molecule has 7 rings (SSSR count). The van der Waals surface area contributed by atoms with Crippen LogP contribution in [0.4, 0.5) is 11.8 Å². The van der Waals surface area contributed by atoms with E-state index in [1.54, 1.807) is 18.3 Å². The van der Waals surface area contributed by atoms with Gasteiger partial charge in [-0.1, -0.05) is 18.2 Å². The number of nitrogens with zero attached hydrogens (tertiary/aromatic N) is 3. The highest BCUT2D eigenvalue weighted by Crippen LogP contribution is 2.60. The predicted octanol–water partition coefficient (Wildman–Crippen LogP) is 4.37. The van der Waals surface area contributed by atoms with Crippen LogP contribution in [0.2, 0.25) is 0 Å². The van der Waals surface area contributed by atoms with Gasteiger partial charge in [0, 0.05) is 43.6 Å². The smallest absolute Gasteiger partial charge is 0.224 e. The van der Waals surface area contributed by atoms with Gasteiger partial charge in [-0.25, -0.2) is 4.98 Å². The van der Waals surface area contributed by atoms with E-state index in [1.807, 2.05) is 12.1 Å². The molecule has 0 aliphatic heterocycles. The first-order valence-corrected chi connectivity index (χ1v) is 13.8. The minimum atomic E-state index is 0.230. The number of nitrogens with one attached hydrogen (secondary N) is 3. The number of nitriles is 1. The first-order chi connectivity index (χ1) is 18.0. The van der Waals surface area contributed by atoms with Gasteiger partial charge in [-0.3, -0.25) is 4.79 Å². The molecule has 1 unspecified atom stereocenters. The van der Waals surface area contributed by atoms with E-state index in [2.05, 4.69) is 32.0 Å². The van der Waals surface area contributed by atoms with E-state index in [-0.39, 0.29) is 11.2 Å². The van der Waals surface area contributed by atoms with Crippen molar-refractivity contribution in [3.63, 3.8) is 0 Å². The maximum absolute atomic E-state index is 11.7. The number of ketones is 1. The summed E-state index contributed by atoms with van der Waals surface area (Å²) in [5.41, 5.74) is 1.46. The Hall–Kier alpha value is -3.18. The first kappa shape index (κ1) is 24.2. The zero-order valence-electron chi connectivity index (χ0n) is 21.2. The van der Waals surface area contributed by atoms with Crippen LogP contribution >= 0.6 is 0 Å². The Kier molecular flexibility index (Phi) is 6.49. The number of Topliss-reactive ketones (excluding diaryl/α,β-unsaturated/α-hetero) is 1. The van der Waals surface area contributed by atoms with Gasteiger partial charge in [0.1, 0.15) is 29.0 Å². The van der Waals surface area contributed by atoms with Crippen molar-refractivity contribution in [2.45, 2.75) is 76.4 Å². The fourth-order valence-electron chi connectivity index (χ4n) is 7.85. The minimum Gasteiger partial charge on any atom is -0.508 e. The summed E-state index contributed by atoms with van der Waals surface area (Å²) in [5, 5.41) is 30.4. The third-order valence-electron chi connectivity index (χ3n) is 9.34. The average molecular weight is 501 g/mol. The molecule has 194 valence electrons. The summed E-state index contributed by atoms with van der Waals surface area (Å²) in [4.78, 5) is 20.6. The monoisotopic (exact) mass is 500 g/mol. The molecular weight excluding hydrogens is 464 g/mol. The standard InChI is InChI=1S/C29H36N6O2/c30-14-22-16-32-28(31-15-19-3-1-2-4-25(19)37)35-27(22)33-17-29-11-18-9-20(12-29)26(21(10-18)13-29)34-23-5-7-24(36)8-6-23/h1-4,16,18,20-21,23,26,34,37H,5-13,15,17H2,(H2,31,32,33,35)/t18?,20-,21+,26-,29+.